The molecule has 0 radical (unpaired) electrons. The summed E-state index contributed by atoms with van der Waals surface area (Å²) < 4.78 is 8.88. The number of rotatable bonds is 5. The average molecular weight is 420 g/mol. The quantitative estimate of drug-likeness (QED) is 0.478. The largest absolute Gasteiger partial charge is 0.460 e. The van der Waals surface area contributed by atoms with Gasteiger partial charge in [-0.25, -0.2) is 9.36 Å². The fourth-order valence-electron chi connectivity index (χ4n) is 3.99. The number of hydrogen-bond acceptors (Lipinski definition) is 8. The topological polar surface area (TPSA) is 98.1 Å². The molecule has 0 aromatic carbocycles. The lowest BCUT2D eigenvalue weighted by atomic mass is 10.3. The van der Waals surface area contributed by atoms with E-state index in [1.807, 2.05) is 26.0 Å². The lowest BCUT2D eigenvalue weighted by molar-refractivity contribution is 0.242. The van der Waals surface area contributed by atoms with Gasteiger partial charge in [-0.2, -0.15) is 10.2 Å². The van der Waals surface area contributed by atoms with E-state index in [4.69, 9.17) is 4.42 Å². The van der Waals surface area contributed by atoms with Crippen molar-refractivity contribution < 1.29 is 4.42 Å². The number of nitrogens with zero attached hydrogens (tertiary/aromatic N) is 8. The van der Waals surface area contributed by atoms with Gasteiger partial charge in [0, 0.05) is 49.9 Å². The van der Waals surface area contributed by atoms with E-state index in [1.165, 1.54) is 4.68 Å². The Balaban J connectivity index is 1.24. The van der Waals surface area contributed by atoms with Crippen LogP contribution in [0.1, 0.15) is 11.4 Å². The molecule has 5 heterocycles. The average Bonchev–Trinajstić information content (AvgIpc) is 3.39. The molecule has 10 nitrogen and oxygen atoms in total. The Morgan fingerprint density at radius 3 is 2.65 bits per heavy atom. The van der Waals surface area contributed by atoms with E-state index in [0.717, 1.165) is 60.9 Å². The molecule has 4 aromatic rings. The van der Waals surface area contributed by atoms with Crippen LogP contribution in [0.15, 0.2) is 45.9 Å². The summed E-state index contributed by atoms with van der Waals surface area (Å²) in [5.74, 6) is 1.44. The minimum atomic E-state index is -0.108. The van der Waals surface area contributed by atoms with E-state index in [9.17, 15) is 4.79 Å². The maximum absolute atomic E-state index is 12.3. The first kappa shape index (κ1) is 19.4. The lowest BCUT2D eigenvalue weighted by Gasteiger charge is -2.34. The third-order valence-electron chi connectivity index (χ3n) is 5.63. The molecule has 4 aromatic heterocycles. The van der Waals surface area contributed by atoms with Gasteiger partial charge in [0.2, 0.25) is 0 Å². The molecule has 0 saturated carbocycles. The standard InChI is InChI=1S/C21H24N8O2/c1-15-13-16(2)29(24-15)18-3-4-19(30)28(25-18)11-8-26-6-9-27(10-7-26)21-20-17(5-12-31-20)14-22-23-21/h3-5,12-14H,6-11H2,1-2H3. The number of anilines is 1. The van der Waals surface area contributed by atoms with Crippen LogP contribution in [0.2, 0.25) is 0 Å². The fraction of sp³-hybridized carbons (Fsp3) is 0.381. The van der Waals surface area contributed by atoms with E-state index >= 15 is 0 Å². The number of furan rings is 1. The molecular weight excluding hydrogens is 396 g/mol. The van der Waals surface area contributed by atoms with Crippen molar-refractivity contribution >= 4 is 16.8 Å². The van der Waals surface area contributed by atoms with Crippen molar-refractivity contribution in [3.8, 4) is 5.82 Å². The Morgan fingerprint density at radius 2 is 1.87 bits per heavy atom. The molecule has 10 heteroatoms. The van der Waals surface area contributed by atoms with E-state index in [2.05, 4.69) is 30.2 Å². The first-order chi connectivity index (χ1) is 15.1. The highest BCUT2D eigenvalue weighted by Crippen LogP contribution is 2.25. The van der Waals surface area contributed by atoms with Crippen molar-refractivity contribution in [2.45, 2.75) is 20.4 Å². The molecule has 1 saturated heterocycles. The number of aryl methyl sites for hydroxylation is 2. The summed E-state index contributed by atoms with van der Waals surface area (Å²) in [6.45, 7) is 8.57. The molecule has 1 aliphatic rings. The lowest BCUT2D eigenvalue weighted by Crippen LogP contribution is -2.48. The monoisotopic (exact) mass is 420 g/mol. The van der Waals surface area contributed by atoms with Gasteiger partial charge in [0.15, 0.2) is 17.2 Å². The molecular formula is C21H24N8O2. The van der Waals surface area contributed by atoms with Crippen LogP contribution in [0.3, 0.4) is 0 Å². The molecule has 0 aliphatic carbocycles. The summed E-state index contributed by atoms with van der Waals surface area (Å²) in [6.07, 6.45) is 3.38. The zero-order chi connectivity index (χ0) is 21.4. The van der Waals surface area contributed by atoms with Gasteiger partial charge >= 0.3 is 0 Å². The summed E-state index contributed by atoms with van der Waals surface area (Å²) >= 11 is 0. The van der Waals surface area contributed by atoms with E-state index < -0.39 is 0 Å². The second kappa shape index (κ2) is 7.95. The third-order valence-corrected chi connectivity index (χ3v) is 5.63. The fourth-order valence-corrected chi connectivity index (χ4v) is 3.99. The molecule has 0 N–H and O–H groups in total. The Kier molecular flexibility index (Phi) is 4.99. The summed E-state index contributed by atoms with van der Waals surface area (Å²) in [5.41, 5.74) is 2.58. The van der Waals surface area contributed by atoms with Crippen LogP contribution < -0.4 is 10.5 Å². The minimum absolute atomic E-state index is 0.108. The second-order valence-electron chi connectivity index (χ2n) is 7.79. The van der Waals surface area contributed by atoms with Gasteiger partial charge < -0.3 is 9.32 Å². The van der Waals surface area contributed by atoms with Crippen molar-refractivity contribution in [2.75, 3.05) is 37.6 Å². The van der Waals surface area contributed by atoms with Crippen LogP contribution >= 0.6 is 0 Å². The Hall–Kier alpha value is -3.53. The van der Waals surface area contributed by atoms with Crippen LogP contribution in [-0.2, 0) is 6.54 Å². The smallest absolute Gasteiger partial charge is 0.266 e. The molecule has 31 heavy (non-hydrogen) atoms. The molecule has 0 bridgehead atoms. The first-order valence-corrected chi connectivity index (χ1v) is 10.4. The second-order valence-corrected chi connectivity index (χ2v) is 7.79. The van der Waals surface area contributed by atoms with Gasteiger partial charge in [-0.3, -0.25) is 9.69 Å². The number of hydrogen-bond donors (Lipinski definition) is 0. The number of fused-ring (bicyclic) bond motifs is 1. The maximum atomic E-state index is 12.3. The van der Waals surface area contributed by atoms with Crippen molar-refractivity contribution in [3.63, 3.8) is 0 Å². The van der Waals surface area contributed by atoms with Crippen molar-refractivity contribution in [1.82, 2.24) is 34.7 Å². The molecule has 0 atom stereocenters. The SMILES string of the molecule is Cc1cc(C)n(-c2ccc(=O)n(CCN3CCN(c4nncc5ccoc45)CC3)n2)n1. The van der Waals surface area contributed by atoms with Crippen molar-refractivity contribution in [1.29, 1.82) is 0 Å². The van der Waals surface area contributed by atoms with Gasteiger partial charge in [0.25, 0.3) is 5.56 Å². The van der Waals surface area contributed by atoms with Crippen molar-refractivity contribution in [3.05, 3.63) is 58.5 Å². The molecule has 0 amide bonds. The maximum Gasteiger partial charge on any atom is 0.266 e. The highest BCUT2D eigenvalue weighted by Gasteiger charge is 2.21. The zero-order valence-electron chi connectivity index (χ0n) is 17.6. The Bertz CT molecular complexity index is 1270. The van der Waals surface area contributed by atoms with Crippen LogP contribution in [-0.4, -0.2) is 67.4 Å². The Labute approximate surface area is 178 Å². The molecule has 0 spiro atoms. The van der Waals surface area contributed by atoms with Gasteiger partial charge in [-0.1, -0.05) is 0 Å². The Morgan fingerprint density at radius 1 is 1.03 bits per heavy atom. The van der Waals surface area contributed by atoms with Gasteiger partial charge in [0.05, 0.1) is 24.7 Å². The highest BCUT2D eigenvalue weighted by atomic mass is 16.3. The van der Waals surface area contributed by atoms with E-state index in [0.29, 0.717) is 12.4 Å². The molecule has 160 valence electrons. The molecule has 5 rings (SSSR count). The summed E-state index contributed by atoms with van der Waals surface area (Å²) in [4.78, 5) is 16.8. The van der Waals surface area contributed by atoms with E-state index in [1.54, 1.807) is 29.3 Å². The van der Waals surface area contributed by atoms with E-state index in [-0.39, 0.29) is 5.56 Å². The van der Waals surface area contributed by atoms with Crippen LogP contribution in [0, 0.1) is 13.8 Å². The summed E-state index contributed by atoms with van der Waals surface area (Å²) in [7, 11) is 0. The first-order valence-electron chi connectivity index (χ1n) is 10.4. The molecule has 1 aliphatic heterocycles. The molecule has 0 unspecified atom stereocenters. The zero-order valence-corrected chi connectivity index (χ0v) is 17.6. The summed E-state index contributed by atoms with van der Waals surface area (Å²) in [5, 5.41) is 18.3. The highest BCUT2D eigenvalue weighted by molar-refractivity contribution is 5.86. The predicted molar refractivity (Wildman–Crippen MR) is 116 cm³/mol. The van der Waals surface area contributed by atoms with Crippen LogP contribution in [0.5, 0.6) is 0 Å². The van der Waals surface area contributed by atoms with Gasteiger partial charge in [0.1, 0.15) is 0 Å². The molecule has 1 fully saturated rings. The van der Waals surface area contributed by atoms with Crippen molar-refractivity contribution in [2.24, 2.45) is 0 Å². The minimum Gasteiger partial charge on any atom is -0.460 e. The number of aromatic nitrogens is 6. The number of piperazine rings is 1. The van der Waals surface area contributed by atoms with Gasteiger partial charge in [-0.15, -0.1) is 10.2 Å². The predicted octanol–water partition coefficient (Wildman–Crippen LogP) is 1.40. The third kappa shape index (κ3) is 3.81. The van der Waals surface area contributed by atoms with Gasteiger partial charge in [-0.05, 0) is 32.0 Å². The van der Waals surface area contributed by atoms with Crippen LogP contribution in [0.25, 0.3) is 16.8 Å². The van der Waals surface area contributed by atoms with Crippen LogP contribution in [0.4, 0.5) is 5.82 Å². The normalized spacial score (nSPS) is 15.1. The summed E-state index contributed by atoms with van der Waals surface area (Å²) in [6, 6.07) is 7.16.